The van der Waals surface area contributed by atoms with Gasteiger partial charge in [-0.3, -0.25) is 9.59 Å². The summed E-state index contributed by atoms with van der Waals surface area (Å²) < 4.78 is 0. The first-order chi connectivity index (χ1) is 9.17. The number of rotatable bonds is 5. The van der Waals surface area contributed by atoms with Crippen molar-refractivity contribution < 1.29 is 14.7 Å². The average Bonchev–Trinajstić information content (AvgIpc) is 2.44. The van der Waals surface area contributed by atoms with Gasteiger partial charge in [0.2, 0.25) is 0 Å². The van der Waals surface area contributed by atoms with E-state index >= 15 is 0 Å². The zero-order chi connectivity index (χ0) is 14.1. The fraction of sp³-hybridized carbons (Fsp3) is 0.308. The lowest BCUT2D eigenvalue weighted by Crippen LogP contribution is -2.46. The first-order valence-corrected chi connectivity index (χ1v) is 5.77. The second-order valence-electron chi connectivity index (χ2n) is 3.88. The van der Waals surface area contributed by atoms with E-state index in [4.69, 9.17) is 5.26 Å². The van der Waals surface area contributed by atoms with E-state index in [1.807, 2.05) is 30.3 Å². The molecule has 1 aromatic rings. The number of carbonyl (C=O) groups is 2. The Morgan fingerprint density at radius 3 is 2.53 bits per heavy atom. The number of aliphatic hydroxyl groups is 1. The summed E-state index contributed by atoms with van der Waals surface area (Å²) >= 11 is 0. The molecule has 0 saturated carbocycles. The number of aliphatic hydroxyl groups excluding tert-OH is 1. The lowest BCUT2D eigenvalue weighted by Gasteiger charge is -2.15. The van der Waals surface area contributed by atoms with Gasteiger partial charge in [-0.05, 0) is 12.0 Å². The normalized spacial score (nSPS) is 11.2. The number of nitrogens with one attached hydrogen (secondary N) is 2. The number of hydrogen-bond acceptors (Lipinski definition) is 4. The highest BCUT2D eigenvalue weighted by atomic mass is 16.3. The molecule has 0 aromatic heterocycles. The minimum absolute atomic E-state index is 0.227. The van der Waals surface area contributed by atoms with Crippen molar-refractivity contribution in [3.8, 4) is 6.07 Å². The number of carbonyl (C=O) groups excluding carboxylic acids is 2. The topological polar surface area (TPSA) is 102 Å². The predicted octanol–water partition coefficient (Wildman–Crippen LogP) is -0.654. The van der Waals surface area contributed by atoms with Gasteiger partial charge in [-0.1, -0.05) is 30.3 Å². The molecule has 0 spiro atoms. The first kappa shape index (κ1) is 14.7. The molecule has 19 heavy (non-hydrogen) atoms. The van der Waals surface area contributed by atoms with Gasteiger partial charge in [0.25, 0.3) is 0 Å². The molecule has 0 aliphatic carbocycles. The molecule has 0 aliphatic heterocycles. The summed E-state index contributed by atoms with van der Waals surface area (Å²) in [5.74, 6) is -1.74. The second-order valence-corrected chi connectivity index (χ2v) is 3.88. The summed E-state index contributed by atoms with van der Waals surface area (Å²) in [6, 6.07) is 10.5. The van der Waals surface area contributed by atoms with Crippen molar-refractivity contribution in [2.24, 2.45) is 0 Å². The Hall–Kier alpha value is -2.39. The maximum absolute atomic E-state index is 11.5. The Kier molecular flexibility index (Phi) is 6.06. The Labute approximate surface area is 111 Å². The molecule has 2 amide bonds. The van der Waals surface area contributed by atoms with E-state index < -0.39 is 17.9 Å². The van der Waals surface area contributed by atoms with E-state index in [0.717, 1.165) is 5.56 Å². The second kappa shape index (κ2) is 7.84. The van der Waals surface area contributed by atoms with Crippen molar-refractivity contribution in [2.45, 2.75) is 12.5 Å². The molecule has 1 rings (SSSR count). The summed E-state index contributed by atoms with van der Waals surface area (Å²) in [6.45, 7) is -0.499. The number of nitriles is 1. The standard InChI is InChI=1S/C13H15N3O3/c14-6-7-15-12(18)13(19)16-11(9-17)8-10-4-2-1-3-5-10/h1-5,11,17H,7-9H2,(H,15,18)(H,16,19)/t11-/m1/s1. The van der Waals surface area contributed by atoms with Crippen LogP contribution in [0.2, 0.25) is 0 Å². The fourth-order valence-electron chi connectivity index (χ4n) is 1.51. The molecule has 1 atom stereocenters. The van der Waals surface area contributed by atoms with Crippen LogP contribution >= 0.6 is 0 Å². The first-order valence-electron chi connectivity index (χ1n) is 5.77. The average molecular weight is 261 g/mol. The minimum Gasteiger partial charge on any atom is -0.394 e. The third kappa shape index (κ3) is 5.19. The van der Waals surface area contributed by atoms with Crippen LogP contribution in [0.1, 0.15) is 5.56 Å². The Morgan fingerprint density at radius 1 is 1.26 bits per heavy atom. The van der Waals surface area contributed by atoms with Gasteiger partial charge in [0.15, 0.2) is 0 Å². The molecule has 0 fully saturated rings. The lowest BCUT2D eigenvalue weighted by atomic mass is 10.1. The monoisotopic (exact) mass is 261 g/mol. The van der Waals surface area contributed by atoms with Crippen LogP contribution in [-0.4, -0.2) is 36.1 Å². The summed E-state index contributed by atoms with van der Waals surface area (Å²) in [5, 5.41) is 22.0. The predicted molar refractivity (Wildman–Crippen MR) is 67.8 cm³/mol. The number of nitrogens with zero attached hydrogens (tertiary/aromatic N) is 1. The van der Waals surface area contributed by atoms with Crippen molar-refractivity contribution in [3.63, 3.8) is 0 Å². The van der Waals surface area contributed by atoms with Crippen LogP contribution < -0.4 is 10.6 Å². The molecular formula is C13H15N3O3. The van der Waals surface area contributed by atoms with Gasteiger partial charge < -0.3 is 15.7 Å². The quantitative estimate of drug-likeness (QED) is 0.484. The van der Waals surface area contributed by atoms with E-state index in [-0.39, 0.29) is 13.2 Å². The number of amides is 2. The number of hydrogen-bond donors (Lipinski definition) is 3. The summed E-state index contributed by atoms with van der Waals surface area (Å²) in [4.78, 5) is 22.7. The molecule has 0 aliphatic rings. The number of benzene rings is 1. The van der Waals surface area contributed by atoms with Crippen molar-refractivity contribution in [3.05, 3.63) is 35.9 Å². The van der Waals surface area contributed by atoms with Gasteiger partial charge in [-0.15, -0.1) is 0 Å². The van der Waals surface area contributed by atoms with E-state index in [1.165, 1.54) is 0 Å². The Bertz CT molecular complexity index is 468. The highest BCUT2D eigenvalue weighted by molar-refractivity contribution is 6.35. The van der Waals surface area contributed by atoms with Crippen LogP contribution in [0.5, 0.6) is 0 Å². The van der Waals surface area contributed by atoms with Crippen molar-refractivity contribution in [2.75, 3.05) is 13.2 Å². The van der Waals surface area contributed by atoms with Crippen molar-refractivity contribution >= 4 is 11.8 Å². The van der Waals surface area contributed by atoms with E-state index in [2.05, 4.69) is 10.6 Å². The van der Waals surface area contributed by atoms with Gasteiger partial charge in [-0.25, -0.2) is 0 Å². The maximum Gasteiger partial charge on any atom is 0.310 e. The van der Waals surface area contributed by atoms with E-state index in [0.29, 0.717) is 6.42 Å². The maximum atomic E-state index is 11.5. The van der Waals surface area contributed by atoms with Crippen LogP contribution in [0.3, 0.4) is 0 Å². The molecular weight excluding hydrogens is 246 g/mol. The Morgan fingerprint density at radius 2 is 1.95 bits per heavy atom. The van der Waals surface area contributed by atoms with Crippen molar-refractivity contribution in [1.29, 1.82) is 5.26 Å². The van der Waals surface area contributed by atoms with Gasteiger partial charge in [0, 0.05) is 0 Å². The van der Waals surface area contributed by atoms with Crippen LogP contribution in [0.25, 0.3) is 0 Å². The third-order valence-corrected chi connectivity index (χ3v) is 2.41. The molecule has 3 N–H and O–H groups in total. The largest absolute Gasteiger partial charge is 0.394 e. The van der Waals surface area contributed by atoms with Gasteiger partial charge in [-0.2, -0.15) is 5.26 Å². The van der Waals surface area contributed by atoms with Crippen LogP contribution in [0, 0.1) is 11.3 Å². The molecule has 100 valence electrons. The van der Waals surface area contributed by atoms with Gasteiger partial charge in [0.05, 0.1) is 18.7 Å². The SMILES string of the molecule is N#CCNC(=O)C(=O)N[C@@H](CO)Cc1ccccc1. The smallest absolute Gasteiger partial charge is 0.310 e. The molecule has 0 heterocycles. The molecule has 0 unspecified atom stereocenters. The minimum atomic E-state index is -0.881. The highest BCUT2D eigenvalue weighted by Crippen LogP contribution is 2.02. The molecule has 0 saturated heterocycles. The zero-order valence-electron chi connectivity index (χ0n) is 10.3. The highest BCUT2D eigenvalue weighted by Gasteiger charge is 2.17. The molecule has 0 radical (unpaired) electrons. The van der Waals surface area contributed by atoms with Crippen LogP contribution in [-0.2, 0) is 16.0 Å². The van der Waals surface area contributed by atoms with Gasteiger partial charge in [0.1, 0.15) is 6.54 Å². The third-order valence-electron chi connectivity index (χ3n) is 2.41. The van der Waals surface area contributed by atoms with Gasteiger partial charge >= 0.3 is 11.8 Å². The summed E-state index contributed by atoms with van der Waals surface area (Å²) in [5.41, 5.74) is 0.944. The van der Waals surface area contributed by atoms with Crippen LogP contribution in [0.4, 0.5) is 0 Å². The molecule has 1 aromatic carbocycles. The molecule has 0 bridgehead atoms. The van der Waals surface area contributed by atoms with E-state index in [9.17, 15) is 14.7 Å². The van der Waals surface area contributed by atoms with E-state index in [1.54, 1.807) is 6.07 Å². The summed E-state index contributed by atoms with van der Waals surface area (Å²) in [7, 11) is 0. The summed E-state index contributed by atoms with van der Waals surface area (Å²) in [6.07, 6.45) is 0.425. The molecule has 6 heteroatoms. The fourth-order valence-corrected chi connectivity index (χ4v) is 1.51. The Balaban J connectivity index is 2.51. The van der Waals surface area contributed by atoms with Crippen LogP contribution in [0.15, 0.2) is 30.3 Å². The zero-order valence-corrected chi connectivity index (χ0v) is 10.3. The van der Waals surface area contributed by atoms with Crippen molar-refractivity contribution in [1.82, 2.24) is 10.6 Å². The lowest BCUT2D eigenvalue weighted by molar-refractivity contribution is -0.139. The molecule has 6 nitrogen and oxygen atoms in total.